The van der Waals surface area contributed by atoms with E-state index in [1.807, 2.05) is 30.3 Å². The summed E-state index contributed by atoms with van der Waals surface area (Å²) >= 11 is 0. The van der Waals surface area contributed by atoms with E-state index in [0.29, 0.717) is 6.61 Å². The fourth-order valence-electron chi connectivity index (χ4n) is 2.83. The fraction of sp³-hybridized carbons (Fsp3) is 0.292. The summed E-state index contributed by atoms with van der Waals surface area (Å²) in [5.74, 6) is 1.80. The number of pyridine rings is 1. The van der Waals surface area contributed by atoms with Crippen LogP contribution < -0.4 is 14.0 Å². The molecule has 0 unspecified atom stereocenters. The fourth-order valence-corrected chi connectivity index (χ4v) is 2.83. The second-order valence-corrected chi connectivity index (χ2v) is 6.57. The Bertz CT molecular complexity index is 789. The van der Waals surface area contributed by atoms with Crippen LogP contribution in [0, 0.1) is 0 Å². The summed E-state index contributed by atoms with van der Waals surface area (Å²) in [4.78, 5) is 0. The van der Waals surface area contributed by atoms with Crippen LogP contribution in [0.25, 0.3) is 11.1 Å². The first kappa shape index (κ1) is 22.6. The van der Waals surface area contributed by atoms with Gasteiger partial charge in [0.05, 0.1) is 13.2 Å². The molecule has 0 amide bonds. The Morgan fingerprint density at radius 3 is 1.79 bits per heavy atom. The van der Waals surface area contributed by atoms with Crippen molar-refractivity contribution in [1.29, 1.82) is 0 Å². The van der Waals surface area contributed by atoms with Gasteiger partial charge in [-0.25, -0.2) is 4.57 Å². The molecule has 0 spiro atoms. The van der Waals surface area contributed by atoms with Crippen LogP contribution in [-0.4, -0.2) is 13.2 Å². The number of benzene rings is 2. The van der Waals surface area contributed by atoms with Crippen molar-refractivity contribution in [2.45, 2.75) is 32.7 Å². The number of aryl methyl sites for hydroxylation is 1. The minimum Gasteiger partial charge on any atom is -0.494 e. The van der Waals surface area contributed by atoms with Gasteiger partial charge in [0.25, 0.3) is 0 Å². The van der Waals surface area contributed by atoms with Gasteiger partial charge in [-0.3, -0.25) is 0 Å². The van der Waals surface area contributed by atoms with Gasteiger partial charge >= 0.3 is 0 Å². The first-order chi connectivity index (χ1) is 13.3. The van der Waals surface area contributed by atoms with Gasteiger partial charge in [0.15, 0.2) is 18.9 Å². The normalized spacial score (nSPS) is 10.2. The number of nitrogens with zero attached hydrogens (tertiary/aromatic N) is 1. The summed E-state index contributed by atoms with van der Waals surface area (Å²) in [6.45, 7) is 4.57. The van der Waals surface area contributed by atoms with Crippen LogP contribution in [0.3, 0.4) is 0 Å². The number of rotatable bonds is 10. The molecule has 2 aromatic carbocycles. The molecule has 1 aromatic heterocycles. The molecule has 0 aliphatic heterocycles. The quantitative estimate of drug-likeness (QED) is 0.309. The van der Waals surface area contributed by atoms with Gasteiger partial charge in [0.1, 0.15) is 11.5 Å². The monoisotopic (exact) mass is 451 g/mol. The van der Waals surface area contributed by atoms with Crippen LogP contribution in [-0.2, 0) is 39.3 Å². The average Bonchev–Trinajstić information content (AvgIpc) is 2.73. The number of ether oxygens (including phenoxy) is 2. The molecule has 3 nitrogen and oxygen atoms in total. The van der Waals surface area contributed by atoms with Crippen molar-refractivity contribution in [2.24, 2.45) is 0 Å². The Balaban J connectivity index is 0.00000280. The number of hydrogen-bond acceptors (Lipinski definition) is 2. The molecule has 0 N–H and O–H groups in total. The molecule has 0 saturated carbocycles. The Labute approximate surface area is 193 Å². The van der Waals surface area contributed by atoms with Crippen molar-refractivity contribution in [3.63, 3.8) is 0 Å². The van der Waals surface area contributed by atoms with Crippen LogP contribution in [0.5, 0.6) is 11.5 Å². The molecule has 0 aliphatic rings. The van der Waals surface area contributed by atoms with E-state index in [4.69, 9.17) is 9.47 Å². The first-order valence-corrected chi connectivity index (χ1v) is 9.75. The van der Waals surface area contributed by atoms with E-state index in [9.17, 15) is 0 Å². The van der Waals surface area contributed by atoms with Gasteiger partial charge in [0.2, 0.25) is 0 Å². The third-order valence-electron chi connectivity index (χ3n) is 4.42. The topological polar surface area (TPSA) is 22.3 Å². The second-order valence-electron chi connectivity index (χ2n) is 6.57. The Morgan fingerprint density at radius 2 is 1.21 bits per heavy atom. The van der Waals surface area contributed by atoms with Crippen LogP contribution >= 0.6 is 0 Å². The molecule has 1 heterocycles. The number of unbranched alkanes of at least 4 members (excludes halogenated alkanes) is 1. The zero-order valence-corrected chi connectivity index (χ0v) is 19.4. The predicted octanol–water partition coefficient (Wildman–Crippen LogP) is 5.29. The molecule has 0 aliphatic carbocycles. The van der Waals surface area contributed by atoms with Crippen molar-refractivity contribution in [3.8, 4) is 22.6 Å². The van der Waals surface area contributed by atoms with Gasteiger partial charge < -0.3 is 9.47 Å². The van der Waals surface area contributed by atoms with Gasteiger partial charge in [-0.15, -0.1) is 0 Å². The van der Waals surface area contributed by atoms with Crippen molar-refractivity contribution >= 4 is 0 Å². The van der Waals surface area contributed by atoms with E-state index in [0.717, 1.165) is 43.9 Å². The molecule has 3 aromatic rings. The maximum atomic E-state index is 5.83. The summed E-state index contributed by atoms with van der Waals surface area (Å²) in [7, 11) is 0. The summed E-state index contributed by atoms with van der Waals surface area (Å²) in [6, 6.07) is 22.7. The third kappa shape index (κ3) is 7.37. The molecule has 0 saturated heterocycles. The Morgan fingerprint density at radius 1 is 0.679 bits per heavy atom. The van der Waals surface area contributed by atoms with E-state index in [2.05, 4.69) is 60.3 Å². The summed E-state index contributed by atoms with van der Waals surface area (Å²) in [5.41, 5.74) is 2.49. The van der Waals surface area contributed by atoms with E-state index < -0.39 is 0 Å². The van der Waals surface area contributed by atoms with Crippen molar-refractivity contribution in [3.05, 3.63) is 79.1 Å². The molecule has 4 heteroatoms. The molecule has 3 rings (SSSR count). The van der Waals surface area contributed by atoms with E-state index in [1.165, 1.54) is 11.1 Å². The molecule has 28 heavy (non-hydrogen) atoms. The standard InChI is InChI=1S/C24H28NO2.Y/c1-2-3-19-26-23-10-12-24(13-11-23)27-20-7-16-25-17-14-22(15-18-25)21-8-5-4-6-9-21;/h4-6,8-15,17-18H,2-3,7,16,19-20H2,1H3;/q+1;. The van der Waals surface area contributed by atoms with Gasteiger partial charge in [-0.1, -0.05) is 43.7 Å². The van der Waals surface area contributed by atoms with Crippen LogP contribution in [0.2, 0.25) is 0 Å². The SMILES string of the molecule is CCCCOc1ccc(OCCC[n+]2ccc(-c3ccccc3)cc2)cc1.[Y]. The zero-order valence-electron chi connectivity index (χ0n) is 16.6. The number of hydrogen-bond donors (Lipinski definition) is 0. The summed E-state index contributed by atoms with van der Waals surface area (Å²) < 4.78 is 13.7. The maximum Gasteiger partial charge on any atom is 0.169 e. The largest absolute Gasteiger partial charge is 0.494 e. The Hall–Kier alpha value is -1.71. The third-order valence-corrected chi connectivity index (χ3v) is 4.42. The number of aromatic nitrogens is 1. The summed E-state index contributed by atoms with van der Waals surface area (Å²) in [6.07, 6.45) is 7.45. The Kier molecular flexibility index (Phi) is 10.2. The van der Waals surface area contributed by atoms with E-state index in [1.54, 1.807) is 0 Å². The maximum absolute atomic E-state index is 5.83. The first-order valence-electron chi connectivity index (χ1n) is 9.75. The van der Waals surface area contributed by atoms with Gasteiger partial charge in [0, 0.05) is 51.3 Å². The van der Waals surface area contributed by atoms with Crippen LogP contribution in [0.15, 0.2) is 79.1 Å². The van der Waals surface area contributed by atoms with E-state index in [-0.39, 0.29) is 32.7 Å². The predicted molar refractivity (Wildman–Crippen MR) is 109 cm³/mol. The molecular formula is C24H28NO2Y+. The van der Waals surface area contributed by atoms with Crippen molar-refractivity contribution in [2.75, 3.05) is 13.2 Å². The van der Waals surface area contributed by atoms with Gasteiger partial charge in [-0.05, 0) is 41.8 Å². The van der Waals surface area contributed by atoms with Crippen molar-refractivity contribution in [1.82, 2.24) is 0 Å². The van der Waals surface area contributed by atoms with Crippen LogP contribution in [0.4, 0.5) is 0 Å². The average molecular weight is 451 g/mol. The van der Waals surface area contributed by atoms with Crippen LogP contribution in [0.1, 0.15) is 26.2 Å². The summed E-state index contributed by atoms with van der Waals surface area (Å²) in [5, 5.41) is 0. The molecule has 1 radical (unpaired) electrons. The molecule has 143 valence electrons. The molecule has 0 fully saturated rings. The minimum atomic E-state index is 0. The second kappa shape index (κ2) is 12.7. The minimum absolute atomic E-state index is 0. The molecular weight excluding hydrogens is 423 g/mol. The molecule has 0 atom stereocenters. The zero-order chi connectivity index (χ0) is 18.7. The molecule has 0 bridgehead atoms. The smallest absolute Gasteiger partial charge is 0.169 e. The van der Waals surface area contributed by atoms with Crippen molar-refractivity contribution < 1.29 is 46.7 Å². The van der Waals surface area contributed by atoms with E-state index >= 15 is 0 Å². The van der Waals surface area contributed by atoms with Gasteiger partial charge in [-0.2, -0.15) is 0 Å².